The molecular weight excluding hydrogens is 400 g/mol. The summed E-state index contributed by atoms with van der Waals surface area (Å²) in [6.45, 7) is 3.89. The van der Waals surface area contributed by atoms with Crippen molar-refractivity contribution in [3.8, 4) is 11.8 Å². The first kappa shape index (κ1) is 19.0. The van der Waals surface area contributed by atoms with Crippen LogP contribution in [0.5, 0.6) is 5.75 Å². The Balaban J connectivity index is 2.16. The van der Waals surface area contributed by atoms with E-state index >= 15 is 0 Å². The highest BCUT2D eigenvalue weighted by Crippen LogP contribution is 2.43. The summed E-state index contributed by atoms with van der Waals surface area (Å²) in [4.78, 5) is 0. The molecule has 0 bridgehead atoms. The molecule has 0 radical (unpaired) electrons. The highest BCUT2D eigenvalue weighted by molar-refractivity contribution is 9.10. The molecule has 0 amide bonds. The van der Waals surface area contributed by atoms with Crippen molar-refractivity contribution in [3.63, 3.8) is 0 Å². The Morgan fingerprint density at radius 2 is 1.70 bits per heavy atom. The van der Waals surface area contributed by atoms with Crippen LogP contribution >= 0.6 is 15.9 Å². The summed E-state index contributed by atoms with van der Waals surface area (Å²) >= 11 is 3.60. The smallest absolute Gasteiger partial charge is 0.138 e. The molecule has 0 saturated heterocycles. The summed E-state index contributed by atoms with van der Waals surface area (Å²) in [7, 11) is 0. The molecular formula is C23H21BrN2O. The van der Waals surface area contributed by atoms with Crippen molar-refractivity contribution in [3.05, 3.63) is 94.0 Å². The van der Waals surface area contributed by atoms with Crippen LogP contribution in [0, 0.1) is 18.3 Å². The molecule has 0 saturated carbocycles. The SMILES string of the molecule is Cc1ccc(O)c(N[C@H](c2ccccc2)[C@@](C)(C#N)c2ccccc2Br)c1. The fraction of sp³-hybridized carbons (Fsp3) is 0.174. The standard InChI is InChI=1S/C23H21BrN2O/c1-16-12-13-21(27)20(14-16)26-22(17-8-4-3-5-9-17)23(2,15-25)18-10-6-7-11-19(18)24/h3-14,22,26-27H,1-2H3/t22-,23+/m1/s1. The van der Waals surface area contributed by atoms with Gasteiger partial charge in [0.05, 0.1) is 17.8 Å². The van der Waals surface area contributed by atoms with Crippen molar-refractivity contribution in [2.45, 2.75) is 25.3 Å². The highest BCUT2D eigenvalue weighted by Gasteiger charge is 2.39. The van der Waals surface area contributed by atoms with Crippen molar-refractivity contribution in [1.82, 2.24) is 0 Å². The minimum absolute atomic E-state index is 0.161. The fourth-order valence-electron chi connectivity index (χ4n) is 3.29. The second-order valence-electron chi connectivity index (χ2n) is 6.80. The molecule has 0 heterocycles. The topological polar surface area (TPSA) is 56.0 Å². The van der Waals surface area contributed by atoms with Crippen LogP contribution < -0.4 is 5.32 Å². The van der Waals surface area contributed by atoms with Gasteiger partial charge in [-0.1, -0.05) is 70.5 Å². The molecule has 0 unspecified atom stereocenters. The van der Waals surface area contributed by atoms with Gasteiger partial charge in [-0.15, -0.1) is 0 Å². The Morgan fingerprint density at radius 3 is 2.37 bits per heavy atom. The van der Waals surface area contributed by atoms with Gasteiger partial charge in [0.15, 0.2) is 0 Å². The lowest BCUT2D eigenvalue weighted by Gasteiger charge is -2.35. The Kier molecular flexibility index (Phi) is 5.53. The summed E-state index contributed by atoms with van der Waals surface area (Å²) in [5, 5.41) is 24.0. The summed E-state index contributed by atoms with van der Waals surface area (Å²) in [5.41, 5.74) is 2.62. The molecule has 3 aromatic carbocycles. The Hall–Kier alpha value is -2.77. The van der Waals surface area contributed by atoms with E-state index in [-0.39, 0.29) is 11.8 Å². The number of halogens is 1. The predicted molar refractivity (Wildman–Crippen MR) is 113 cm³/mol. The molecule has 3 rings (SSSR count). The number of nitrogens with one attached hydrogen (secondary N) is 1. The molecule has 3 nitrogen and oxygen atoms in total. The molecule has 0 aliphatic heterocycles. The second kappa shape index (κ2) is 7.85. The normalized spacial score (nSPS) is 14.0. The number of aromatic hydroxyl groups is 1. The van der Waals surface area contributed by atoms with Crippen molar-refractivity contribution in [2.24, 2.45) is 0 Å². The van der Waals surface area contributed by atoms with Crippen molar-refractivity contribution in [2.75, 3.05) is 5.32 Å². The molecule has 2 N–H and O–H groups in total. The lowest BCUT2D eigenvalue weighted by molar-refractivity contribution is 0.470. The number of benzene rings is 3. The van der Waals surface area contributed by atoms with Crippen molar-refractivity contribution in [1.29, 1.82) is 5.26 Å². The van der Waals surface area contributed by atoms with Crippen LogP contribution in [0.1, 0.15) is 29.7 Å². The van der Waals surface area contributed by atoms with Crippen LogP contribution in [0.2, 0.25) is 0 Å². The van der Waals surface area contributed by atoms with Crippen LogP contribution in [-0.2, 0) is 5.41 Å². The summed E-state index contributed by atoms with van der Waals surface area (Å²) < 4.78 is 0.880. The first-order chi connectivity index (χ1) is 13.0. The van der Waals surface area contributed by atoms with Gasteiger partial charge in [-0.2, -0.15) is 5.26 Å². The molecule has 0 aliphatic rings. The molecule has 0 aromatic heterocycles. The number of phenols is 1. The average molecular weight is 421 g/mol. The third-order valence-corrected chi connectivity index (χ3v) is 5.52. The van der Waals surface area contributed by atoms with Gasteiger partial charge in [0, 0.05) is 4.47 Å². The minimum atomic E-state index is -0.877. The van der Waals surface area contributed by atoms with Crippen LogP contribution in [0.15, 0.2) is 77.3 Å². The van der Waals surface area contributed by atoms with E-state index in [1.54, 1.807) is 6.07 Å². The second-order valence-corrected chi connectivity index (χ2v) is 7.66. The van der Waals surface area contributed by atoms with Gasteiger partial charge < -0.3 is 10.4 Å². The number of nitriles is 1. The van der Waals surface area contributed by atoms with Crippen molar-refractivity contribution >= 4 is 21.6 Å². The minimum Gasteiger partial charge on any atom is -0.506 e. The molecule has 3 aromatic rings. The third kappa shape index (κ3) is 3.84. The van der Waals surface area contributed by atoms with Crippen LogP contribution in [0.3, 0.4) is 0 Å². The number of phenolic OH excluding ortho intramolecular Hbond substituents is 1. The highest BCUT2D eigenvalue weighted by atomic mass is 79.9. The fourth-order valence-corrected chi connectivity index (χ4v) is 3.99. The Morgan fingerprint density at radius 1 is 1.04 bits per heavy atom. The van der Waals surface area contributed by atoms with E-state index in [1.165, 1.54) is 0 Å². The van der Waals surface area contributed by atoms with E-state index in [1.807, 2.05) is 80.6 Å². The quantitative estimate of drug-likeness (QED) is 0.490. The van der Waals surface area contributed by atoms with E-state index in [9.17, 15) is 10.4 Å². The monoisotopic (exact) mass is 420 g/mol. The lowest BCUT2D eigenvalue weighted by Crippen LogP contribution is -2.34. The van der Waals surface area contributed by atoms with Crippen molar-refractivity contribution < 1.29 is 5.11 Å². The Labute approximate surface area is 168 Å². The predicted octanol–water partition coefficient (Wildman–Crippen LogP) is 6.10. The molecule has 0 aliphatic carbocycles. The van der Waals surface area contributed by atoms with Gasteiger partial charge in [0.25, 0.3) is 0 Å². The maximum atomic E-state index is 10.3. The van der Waals surface area contributed by atoms with Gasteiger partial charge >= 0.3 is 0 Å². The van der Waals surface area contributed by atoms with E-state index in [2.05, 4.69) is 27.3 Å². The maximum Gasteiger partial charge on any atom is 0.138 e. The lowest BCUT2D eigenvalue weighted by atomic mass is 9.74. The number of rotatable bonds is 5. The summed E-state index contributed by atoms with van der Waals surface area (Å²) in [5.74, 6) is 0.161. The molecule has 27 heavy (non-hydrogen) atoms. The number of anilines is 1. The van der Waals surface area contributed by atoms with Crippen LogP contribution in [0.4, 0.5) is 5.69 Å². The van der Waals surface area contributed by atoms with Gasteiger partial charge in [-0.05, 0) is 48.7 Å². The first-order valence-electron chi connectivity index (χ1n) is 8.73. The number of hydrogen-bond donors (Lipinski definition) is 2. The largest absolute Gasteiger partial charge is 0.506 e. The third-order valence-electron chi connectivity index (χ3n) is 4.83. The van der Waals surface area contributed by atoms with Gasteiger partial charge in [-0.25, -0.2) is 0 Å². The summed E-state index contributed by atoms with van der Waals surface area (Å²) in [6.07, 6.45) is 0. The zero-order chi connectivity index (χ0) is 19.4. The van der Waals surface area contributed by atoms with Crippen LogP contribution in [-0.4, -0.2) is 5.11 Å². The van der Waals surface area contributed by atoms with E-state index in [4.69, 9.17) is 0 Å². The zero-order valence-corrected chi connectivity index (χ0v) is 16.9. The zero-order valence-electron chi connectivity index (χ0n) is 15.3. The van der Waals surface area contributed by atoms with E-state index in [0.29, 0.717) is 5.69 Å². The summed E-state index contributed by atoms with van der Waals surface area (Å²) in [6, 6.07) is 25.2. The van der Waals surface area contributed by atoms with E-state index in [0.717, 1.165) is 21.2 Å². The number of nitrogens with zero attached hydrogens (tertiary/aromatic N) is 1. The molecule has 0 spiro atoms. The number of hydrogen-bond acceptors (Lipinski definition) is 3. The van der Waals surface area contributed by atoms with E-state index < -0.39 is 5.41 Å². The van der Waals surface area contributed by atoms with Gasteiger partial charge in [0.1, 0.15) is 11.2 Å². The van der Waals surface area contributed by atoms with Gasteiger partial charge in [-0.3, -0.25) is 0 Å². The maximum absolute atomic E-state index is 10.3. The average Bonchev–Trinajstić information content (AvgIpc) is 2.69. The molecule has 0 fully saturated rings. The first-order valence-corrected chi connectivity index (χ1v) is 9.52. The molecule has 2 atom stereocenters. The number of aryl methyl sites for hydroxylation is 1. The Bertz CT molecular complexity index is 981. The van der Waals surface area contributed by atoms with Gasteiger partial charge in [0.2, 0.25) is 0 Å². The molecule has 4 heteroatoms. The van der Waals surface area contributed by atoms with Crippen LogP contribution in [0.25, 0.3) is 0 Å². The molecule has 136 valence electrons.